The smallest absolute Gasteiger partial charge is 0.110 e. The van der Waals surface area contributed by atoms with Gasteiger partial charge in [-0.2, -0.15) is 0 Å². The van der Waals surface area contributed by atoms with Crippen LogP contribution in [0.3, 0.4) is 0 Å². The first-order chi connectivity index (χ1) is 6.96. The molecule has 0 fully saturated rings. The zero-order valence-corrected chi connectivity index (χ0v) is 10.3. The molecule has 15 heavy (non-hydrogen) atoms. The minimum atomic E-state index is -2.27. The van der Waals surface area contributed by atoms with Crippen LogP contribution in [-0.2, 0) is 9.30 Å². The number of rotatable bonds is 4. The van der Waals surface area contributed by atoms with E-state index in [9.17, 15) is 4.57 Å². The van der Waals surface area contributed by atoms with E-state index in [4.69, 9.17) is 10.5 Å². The summed E-state index contributed by atoms with van der Waals surface area (Å²) in [5.74, 6) is 0. The van der Waals surface area contributed by atoms with E-state index in [0.717, 1.165) is 10.9 Å². The van der Waals surface area contributed by atoms with Gasteiger partial charge in [-0.1, -0.05) is 24.3 Å². The van der Waals surface area contributed by atoms with E-state index in [-0.39, 0.29) is 6.04 Å². The third-order valence-electron chi connectivity index (χ3n) is 2.26. The molecule has 0 saturated carbocycles. The highest BCUT2D eigenvalue weighted by molar-refractivity contribution is 7.70. The molecule has 0 heterocycles. The molecule has 3 nitrogen and oxygen atoms in total. The maximum absolute atomic E-state index is 12.0. The molecule has 0 aromatic heterocycles. The molecule has 4 heteroatoms. The monoisotopic (exact) mass is 227 g/mol. The fourth-order valence-corrected chi connectivity index (χ4v) is 2.87. The van der Waals surface area contributed by atoms with E-state index < -0.39 is 7.14 Å². The fraction of sp³-hybridized carbons (Fsp3) is 0.455. The number of hydrogen-bond acceptors (Lipinski definition) is 3. The van der Waals surface area contributed by atoms with Crippen molar-refractivity contribution in [3.05, 3.63) is 29.8 Å². The summed E-state index contributed by atoms with van der Waals surface area (Å²) in [6.07, 6.45) is 0. The predicted octanol–water partition coefficient (Wildman–Crippen LogP) is 1.58. The summed E-state index contributed by atoms with van der Waals surface area (Å²) in [6.45, 7) is 3.95. The van der Waals surface area contributed by atoms with E-state index in [1.807, 2.05) is 24.3 Å². The van der Waals surface area contributed by atoms with Gasteiger partial charge < -0.3 is 15.0 Å². The quantitative estimate of drug-likeness (QED) is 0.794. The zero-order chi connectivity index (χ0) is 11.5. The molecule has 0 radical (unpaired) electrons. The number of nitrogens with two attached hydrogens (primary N) is 1. The molecular formula is C11H18NO2P. The van der Waals surface area contributed by atoms with E-state index in [2.05, 4.69) is 0 Å². The third-order valence-corrected chi connectivity index (χ3v) is 3.83. The lowest BCUT2D eigenvalue weighted by molar-refractivity contribution is 0.181. The second-order valence-corrected chi connectivity index (χ2v) is 7.16. The van der Waals surface area contributed by atoms with Crippen LogP contribution in [0.1, 0.15) is 11.6 Å². The standard InChI is InChI=1S/C11H18NO2P/c1-14-8-10(12)9-6-4-5-7-11(9)15(2,3)13/h4-7,10H,8,12H2,1-3H3. The Bertz CT molecular complexity index is 373. The van der Waals surface area contributed by atoms with E-state index in [1.54, 1.807) is 20.4 Å². The highest BCUT2D eigenvalue weighted by Crippen LogP contribution is 2.36. The second-order valence-electron chi connectivity index (χ2n) is 3.97. The van der Waals surface area contributed by atoms with Crippen LogP contribution < -0.4 is 11.0 Å². The maximum Gasteiger partial charge on any atom is 0.110 e. The van der Waals surface area contributed by atoms with Crippen molar-refractivity contribution in [2.75, 3.05) is 27.0 Å². The van der Waals surface area contributed by atoms with Gasteiger partial charge >= 0.3 is 0 Å². The summed E-state index contributed by atoms with van der Waals surface area (Å²) >= 11 is 0. The maximum atomic E-state index is 12.0. The number of benzene rings is 1. The Hall–Kier alpha value is -0.630. The van der Waals surface area contributed by atoms with E-state index >= 15 is 0 Å². The highest BCUT2D eigenvalue weighted by atomic mass is 31.2. The van der Waals surface area contributed by atoms with Crippen LogP contribution >= 0.6 is 7.14 Å². The Morgan fingerprint density at radius 2 is 2.00 bits per heavy atom. The van der Waals surface area contributed by atoms with Crippen molar-refractivity contribution in [3.8, 4) is 0 Å². The van der Waals surface area contributed by atoms with Crippen molar-refractivity contribution in [3.63, 3.8) is 0 Å². The lowest BCUT2D eigenvalue weighted by Gasteiger charge is -2.18. The summed E-state index contributed by atoms with van der Waals surface area (Å²) in [7, 11) is -0.658. The number of hydrogen-bond donors (Lipinski definition) is 1. The molecule has 2 N–H and O–H groups in total. The van der Waals surface area contributed by atoms with Crippen molar-refractivity contribution in [2.45, 2.75) is 6.04 Å². The fourth-order valence-electron chi connectivity index (χ4n) is 1.56. The van der Waals surface area contributed by atoms with Crippen LogP contribution in [0, 0.1) is 0 Å². The molecule has 0 bridgehead atoms. The van der Waals surface area contributed by atoms with Crippen LogP contribution in [0.25, 0.3) is 0 Å². The predicted molar refractivity (Wildman–Crippen MR) is 64.3 cm³/mol. The van der Waals surface area contributed by atoms with Crippen molar-refractivity contribution in [1.29, 1.82) is 0 Å². The van der Waals surface area contributed by atoms with Crippen LogP contribution in [-0.4, -0.2) is 27.0 Å². The molecule has 84 valence electrons. The lowest BCUT2D eigenvalue weighted by atomic mass is 10.1. The largest absolute Gasteiger partial charge is 0.383 e. The van der Waals surface area contributed by atoms with Gasteiger partial charge in [0.2, 0.25) is 0 Å². The number of ether oxygens (including phenoxy) is 1. The molecule has 0 aliphatic heterocycles. The lowest BCUT2D eigenvalue weighted by Crippen LogP contribution is -2.23. The van der Waals surface area contributed by atoms with Gasteiger partial charge in [-0.05, 0) is 18.9 Å². The third kappa shape index (κ3) is 3.16. The Labute approximate surface area is 91.0 Å². The van der Waals surface area contributed by atoms with E-state index in [1.165, 1.54) is 0 Å². The summed E-state index contributed by atoms with van der Waals surface area (Å²) < 4.78 is 17.1. The first-order valence-electron chi connectivity index (χ1n) is 4.86. The Kier molecular flexibility index (Phi) is 4.09. The van der Waals surface area contributed by atoms with Crippen LogP contribution in [0.4, 0.5) is 0 Å². The summed E-state index contributed by atoms with van der Waals surface area (Å²) in [5.41, 5.74) is 6.88. The van der Waals surface area contributed by atoms with Gasteiger partial charge in [0, 0.05) is 12.4 Å². The molecule has 0 amide bonds. The average Bonchev–Trinajstić information content (AvgIpc) is 2.17. The Morgan fingerprint density at radius 1 is 1.40 bits per heavy atom. The molecule has 0 aliphatic carbocycles. The Morgan fingerprint density at radius 3 is 2.53 bits per heavy atom. The molecule has 0 aliphatic rings. The van der Waals surface area contributed by atoms with Crippen molar-refractivity contribution < 1.29 is 9.30 Å². The Balaban J connectivity index is 3.12. The molecule has 1 rings (SSSR count). The van der Waals surface area contributed by atoms with Crippen molar-refractivity contribution >= 4 is 12.4 Å². The molecule has 1 atom stereocenters. The first kappa shape index (κ1) is 12.4. The topological polar surface area (TPSA) is 52.3 Å². The molecule has 0 spiro atoms. The summed E-state index contributed by atoms with van der Waals surface area (Å²) in [6, 6.07) is 7.38. The second kappa shape index (κ2) is 4.93. The van der Waals surface area contributed by atoms with Crippen molar-refractivity contribution in [2.24, 2.45) is 5.73 Å². The molecule has 1 aromatic carbocycles. The van der Waals surface area contributed by atoms with Crippen LogP contribution in [0.5, 0.6) is 0 Å². The van der Waals surface area contributed by atoms with Gasteiger partial charge in [0.05, 0.1) is 12.6 Å². The van der Waals surface area contributed by atoms with Crippen LogP contribution in [0.15, 0.2) is 24.3 Å². The van der Waals surface area contributed by atoms with Gasteiger partial charge in [-0.25, -0.2) is 0 Å². The first-order valence-corrected chi connectivity index (χ1v) is 7.46. The highest BCUT2D eigenvalue weighted by Gasteiger charge is 2.18. The van der Waals surface area contributed by atoms with Gasteiger partial charge in [-0.3, -0.25) is 0 Å². The molecule has 1 aromatic rings. The van der Waals surface area contributed by atoms with Gasteiger partial charge in [0.1, 0.15) is 7.14 Å². The minimum absolute atomic E-state index is 0.209. The van der Waals surface area contributed by atoms with Crippen molar-refractivity contribution in [1.82, 2.24) is 0 Å². The summed E-state index contributed by atoms with van der Waals surface area (Å²) in [4.78, 5) is 0. The number of methoxy groups -OCH3 is 1. The van der Waals surface area contributed by atoms with E-state index in [0.29, 0.717) is 6.61 Å². The summed E-state index contributed by atoms with van der Waals surface area (Å²) in [5, 5.41) is 0.856. The molecule has 0 saturated heterocycles. The minimum Gasteiger partial charge on any atom is -0.383 e. The SMILES string of the molecule is COCC(N)c1ccccc1P(C)(C)=O. The van der Waals surface area contributed by atoms with Gasteiger partial charge in [0.15, 0.2) is 0 Å². The normalized spacial score (nSPS) is 13.9. The zero-order valence-electron chi connectivity index (χ0n) is 9.43. The molecule has 1 unspecified atom stereocenters. The average molecular weight is 227 g/mol. The van der Waals surface area contributed by atoms with Gasteiger partial charge in [0.25, 0.3) is 0 Å². The molecular weight excluding hydrogens is 209 g/mol. The van der Waals surface area contributed by atoms with Crippen LogP contribution in [0.2, 0.25) is 0 Å². The van der Waals surface area contributed by atoms with Gasteiger partial charge in [-0.15, -0.1) is 0 Å².